The van der Waals surface area contributed by atoms with E-state index in [1.807, 2.05) is 18.2 Å². The maximum absolute atomic E-state index is 10.3. The fourth-order valence-electron chi connectivity index (χ4n) is 3.23. The quantitative estimate of drug-likeness (QED) is 0.762. The van der Waals surface area contributed by atoms with Crippen molar-refractivity contribution in [1.29, 1.82) is 0 Å². The van der Waals surface area contributed by atoms with Crippen molar-refractivity contribution in [2.75, 3.05) is 0 Å². The fourth-order valence-corrected chi connectivity index (χ4v) is 3.23. The SMILES string of the molecule is Oc1ccc2ccccc2c1CN1Cc2ccccc2C1. The zero-order valence-corrected chi connectivity index (χ0v) is 11.8. The summed E-state index contributed by atoms with van der Waals surface area (Å²) in [6.07, 6.45) is 0. The molecule has 3 aromatic rings. The van der Waals surface area contributed by atoms with Crippen LogP contribution in [0, 0.1) is 0 Å². The molecule has 0 atom stereocenters. The van der Waals surface area contributed by atoms with Crippen LogP contribution in [0.15, 0.2) is 60.7 Å². The Labute approximate surface area is 124 Å². The molecule has 104 valence electrons. The standard InChI is InChI=1S/C19H17NO/c21-19-10-9-14-5-3-4-8-17(14)18(19)13-20-11-15-6-1-2-7-16(15)12-20/h1-10,21H,11-13H2. The second-order valence-corrected chi connectivity index (χ2v) is 5.70. The number of benzene rings is 3. The second kappa shape index (κ2) is 4.90. The summed E-state index contributed by atoms with van der Waals surface area (Å²) in [5, 5.41) is 12.6. The van der Waals surface area contributed by atoms with Crippen molar-refractivity contribution in [3.63, 3.8) is 0 Å². The molecule has 0 bridgehead atoms. The molecule has 0 fully saturated rings. The van der Waals surface area contributed by atoms with Crippen LogP contribution in [-0.4, -0.2) is 10.0 Å². The van der Waals surface area contributed by atoms with Crippen molar-refractivity contribution >= 4 is 10.8 Å². The van der Waals surface area contributed by atoms with Gasteiger partial charge in [0.25, 0.3) is 0 Å². The zero-order valence-electron chi connectivity index (χ0n) is 11.8. The lowest BCUT2D eigenvalue weighted by molar-refractivity contribution is 0.272. The van der Waals surface area contributed by atoms with Gasteiger partial charge < -0.3 is 5.11 Å². The van der Waals surface area contributed by atoms with Gasteiger partial charge in [-0.2, -0.15) is 0 Å². The van der Waals surface area contributed by atoms with Gasteiger partial charge in [-0.15, -0.1) is 0 Å². The third-order valence-electron chi connectivity index (χ3n) is 4.30. The van der Waals surface area contributed by atoms with Gasteiger partial charge in [-0.3, -0.25) is 4.90 Å². The Morgan fingerprint density at radius 1 is 0.810 bits per heavy atom. The van der Waals surface area contributed by atoms with E-state index >= 15 is 0 Å². The summed E-state index contributed by atoms with van der Waals surface area (Å²) in [4.78, 5) is 2.38. The molecule has 1 aliphatic heterocycles. The van der Waals surface area contributed by atoms with Crippen LogP contribution in [0.5, 0.6) is 5.75 Å². The van der Waals surface area contributed by atoms with E-state index in [2.05, 4.69) is 41.3 Å². The summed E-state index contributed by atoms with van der Waals surface area (Å²) >= 11 is 0. The molecule has 0 saturated carbocycles. The van der Waals surface area contributed by atoms with Gasteiger partial charge in [-0.1, -0.05) is 54.6 Å². The van der Waals surface area contributed by atoms with E-state index in [0.717, 1.165) is 30.6 Å². The van der Waals surface area contributed by atoms with Crippen molar-refractivity contribution in [1.82, 2.24) is 4.90 Å². The first-order valence-corrected chi connectivity index (χ1v) is 7.30. The minimum atomic E-state index is 0.393. The van der Waals surface area contributed by atoms with E-state index in [4.69, 9.17) is 0 Å². The monoisotopic (exact) mass is 275 g/mol. The van der Waals surface area contributed by atoms with Gasteiger partial charge in [0.1, 0.15) is 5.75 Å². The van der Waals surface area contributed by atoms with Crippen LogP contribution in [0.4, 0.5) is 0 Å². The number of phenolic OH excluding ortho intramolecular Hbond substituents is 1. The lowest BCUT2D eigenvalue weighted by Crippen LogP contribution is -2.15. The summed E-state index contributed by atoms with van der Waals surface area (Å²) in [6, 6.07) is 20.6. The normalized spacial score (nSPS) is 14.5. The lowest BCUT2D eigenvalue weighted by Gasteiger charge is -2.17. The topological polar surface area (TPSA) is 23.5 Å². The highest BCUT2D eigenvalue weighted by atomic mass is 16.3. The highest BCUT2D eigenvalue weighted by molar-refractivity contribution is 5.87. The molecule has 0 radical (unpaired) electrons. The number of nitrogens with zero attached hydrogens (tertiary/aromatic N) is 1. The highest BCUT2D eigenvalue weighted by Gasteiger charge is 2.20. The van der Waals surface area contributed by atoms with E-state index in [-0.39, 0.29) is 0 Å². The van der Waals surface area contributed by atoms with Gasteiger partial charge in [0, 0.05) is 25.2 Å². The van der Waals surface area contributed by atoms with E-state index < -0.39 is 0 Å². The van der Waals surface area contributed by atoms with Gasteiger partial charge in [0.15, 0.2) is 0 Å². The van der Waals surface area contributed by atoms with Crippen molar-refractivity contribution in [2.45, 2.75) is 19.6 Å². The predicted molar refractivity (Wildman–Crippen MR) is 85.0 cm³/mol. The third-order valence-corrected chi connectivity index (χ3v) is 4.30. The molecule has 0 aromatic heterocycles. The Kier molecular flexibility index (Phi) is 2.90. The van der Waals surface area contributed by atoms with Crippen LogP contribution < -0.4 is 0 Å². The molecule has 21 heavy (non-hydrogen) atoms. The number of hydrogen-bond donors (Lipinski definition) is 1. The molecule has 0 aliphatic carbocycles. The van der Waals surface area contributed by atoms with E-state index in [1.165, 1.54) is 16.5 Å². The van der Waals surface area contributed by atoms with Crippen LogP contribution in [0.25, 0.3) is 10.8 Å². The van der Waals surface area contributed by atoms with Crippen LogP contribution in [-0.2, 0) is 19.6 Å². The van der Waals surface area contributed by atoms with Crippen LogP contribution in [0.3, 0.4) is 0 Å². The Morgan fingerprint density at radius 3 is 2.24 bits per heavy atom. The minimum absolute atomic E-state index is 0.393. The number of fused-ring (bicyclic) bond motifs is 2. The maximum Gasteiger partial charge on any atom is 0.120 e. The average molecular weight is 275 g/mol. The first-order chi connectivity index (χ1) is 10.3. The lowest BCUT2D eigenvalue weighted by atomic mass is 10.0. The van der Waals surface area contributed by atoms with Crippen molar-refractivity contribution in [3.8, 4) is 5.75 Å². The van der Waals surface area contributed by atoms with Gasteiger partial charge in [-0.25, -0.2) is 0 Å². The molecule has 0 spiro atoms. The predicted octanol–water partition coefficient (Wildman–Crippen LogP) is 4.06. The zero-order chi connectivity index (χ0) is 14.2. The molecule has 1 heterocycles. The summed E-state index contributed by atoms with van der Waals surface area (Å²) in [6.45, 7) is 2.69. The molecule has 1 N–H and O–H groups in total. The second-order valence-electron chi connectivity index (χ2n) is 5.70. The molecular formula is C19H17NO. The molecule has 2 nitrogen and oxygen atoms in total. The largest absolute Gasteiger partial charge is 0.508 e. The number of phenols is 1. The van der Waals surface area contributed by atoms with Crippen molar-refractivity contribution in [2.24, 2.45) is 0 Å². The third kappa shape index (κ3) is 2.18. The van der Waals surface area contributed by atoms with Gasteiger partial charge >= 0.3 is 0 Å². The molecule has 1 aliphatic rings. The molecule has 0 unspecified atom stereocenters. The van der Waals surface area contributed by atoms with E-state index in [1.54, 1.807) is 6.07 Å². The maximum atomic E-state index is 10.3. The van der Waals surface area contributed by atoms with Crippen LogP contribution in [0.2, 0.25) is 0 Å². The van der Waals surface area contributed by atoms with E-state index in [0.29, 0.717) is 5.75 Å². The Hall–Kier alpha value is -2.32. The summed E-state index contributed by atoms with van der Waals surface area (Å²) < 4.78 is 0. The Bertz CT molecular complexity index is 785. The van der Waals surface area contributed by atoms with E-state index in [9.17, 15) is 5.11 Å². The van der Waals surface area contributed by atoms with Crippen molar-refractivity contribution in [3.05, 3.63) is 77.4 Å². The summed E-state index contributed by atoms with van der Waals surface area (Å²) in [7, 11) is 0. The Morgan fingerprint density at radius 2 is 1.48 bits per heavy atom. The average Bonchev–Trinajstić information content (AvgIpc) is 2.92. The molecular weight excluding hydrogens is 258 g/mol. The van der Waals surface area contributed by atoms with Crippen molar-refractivity contribution < 1.29 is 5.11 Å². The number of aromatic hydroxyl groups is 1. The molecule has 0 saturated heterocycles. The first-order valence-electron chi connectivity index (χ1n) is 7.30. The fraction of sp³-hybridized carbons (Fsp3) is 0.158. The van der Waals surface area contributed by atoms with Gasteiger partial charge in [-0.05, 0) is 28.0 Å². The number of hydrogen-bond acceptors (Lipinski definition) is 2. The van der Waals surface area contributed by atoms with Gasteiger partial charge in [0.05, 0.1) is 0 Å². The Balaban J connectivity index is 1.68. The molecule has 4 rings (SSSR count). The van der Waals surface area contributed by atoms with Crippen LogP contribution >= 0.6 is 0 Å². The summed E-state index contributed by atoms with van der Waals surface area (Å²) in [5.74, 6) is 0.393. The molecule has 3 aromatic carbocycles. The van der Waals surface area contributed by atoms with Gasteiger partial charge in [0.2, 0.25) is 0 Å². The number of rotatable bonds is 2. The molecule has 2 heteroatoms. The smallest absolute Gasteiger partial charge is 0.120 e. The minimum Gasteiger partial charge on any atom is -0.508 e. The van der Waals surface area contributed by atoms with Crippen LogP contribution in [0.1, 0.15) is 16.7 Å². The first kappa shape index (κ1) is 12.4. The summed E-state index contributed by atoms with van der Waals surface area (Å²) in [5.41, 5.74) is 3.83. The molecule has 0 amide bonds. The highest BCUT2D eigenvalue weighted by Crippen LogP contribution is 2.31.